The summed E-state index contributed by atoms with van der Waals surface area (Å²) in [6, 6.07) is 6.64. The molecule has 0 fully saturated rings. The molecule has 1 nitrogen and oxygen atoms in total. The molecular formula is C15H21NS. The Morgan fingerprint density at radius 1 is 1.35 bits per heavy atom. The van der Waals surface area contributed by atoms with Crippen LogP contribution in [0.4, 0.5) is 0 Å². The van der Waals surface area contributed by atoms with Crippen LogP contribution < -0.4 is 0 Å². The summed E-state index contributed by atoms with van der Waals surface area (Å²) >= 11 is 1.79. The lowest BCUT2D eigenvalue weighted by molar-refractivity contribution is 0.536. The van der Waals surface area contributed by atoms with Crippen molar-refractivity contribution < 1.29 is 0 Å². The van der Waals surface area contributed by atoms with Crippen LogP contribution in [0.3, 0.4) is 0 Å². The zero-order chi connectivity index (χ0) is 13.1. The van der Waals surface area contributed by atoms with Crippen LogP contribution in [-0.4, -0.2) is 0 Å². The lowest BCUT2D eigenvalue weighted by atomic mass is 9.88. The lowest BCUT2D eigenvalue weighted by Gasteiger charge is -2.17. The number of thiophene rings is 1. The Hall–Kier alpha value is -1.07. The average Bonchev–Trinajstić information content (AvgIpc) is 2.63. The van der Waals surface area contributed by atoms with Crippen molar-refractivity contribution in [1.29, 1.82) is 5.26 Å². The van der Waals surface area contributed by atoms with Gasteiger partial charge in [-0.2, -0.15) is 5.26 Å². The Kier molecular flexibility index (Phi) is 4.54. The average molecular weight is 247 g/mol. The quantitative estimate of drug-likeness (QED) is 0.697. The molecule has 0 spiro atoms. The van der Waals surface area contributed by atoms with Crippen LogP contribution >= 0.6 is 11.3 Å². The SMILES string of the molecule is Cc1ccc([C@@H](/C=C/C(C)(C)C)[C@H](C)C#N)s1. The Labute approximate surface area is 109 Å². The van der Waals surface area contributed by atoms with Gasteiger partial charge >= 0.3 is 0 Å². The highest BCUT2D eigenvalue weighted by atomic mass is 32.1. The first kappa shape index (κ1) is 14.0. The van der Waals surface area contributed by atoms with Crippen molar-refractivity contribution in [2.75, 3.05) is 0 Å². The molecule has 0 aromatic carbocycles. The topological polar surface area (TPSA) is 23.8 Å². The van der Waals surface area contributed by atoms with Gasteiger partial charge < -0.3 is 0 Å². The van der Waals surface area contributed by atoms with E-state index in [1.54, 1.807) is 11.3 Å². The first-order chi connectivity index (χ1) is 7.83. The Morgan fingerprint density at radius 2 is 2.00 bits per heavy atom. The van der Waals surface area contributed by atoms with Gasteiger partial charge in [0.05, 0.1) is 12.0 Å². The van der Waals surface area contributed by atoms with E-state index < -0.39 is 0 Å². The first-order valence-corrected chi connectivity index (χ1v) is 6.80. The monoisotopic (exact) mass is 247 g/mol. The maximum absolute atomic E-state index is 9.12. The maximum atomic E-state index is 9.12. The molecule has 2 atom stereocenters. The Bertz CT molecular complexity index is 429. The largest absolute Gasteiger partial charge is 0.198 e. The summed E-state index contributed by atoms with van der Waals surface area (Å²) < 4.78 is 0. The van der Waals surface area contributed by atoms with Crippen LogP contribution in [0.15, 0.2) is 24.3 Å². The minimum Gasteiger partial charge on any atom is -0.198 e. The fourth-order valence-corrected chi connectivity index (χ4v) is 2.68. The van der Waals surface area contributed by atoms with Gasteiger partial charge in [-0.3, -0.25) is 0 Å². The molecule has 0 radical (unpaired) electrons. The van der Waals surface area contributed by atoms with E-state index in [1.165, 1.54) is 9.75 Å². The number of hydrogen-bond donors (Lipinski definition) is 0. The summed E-state index contributed by atoms with van der Waals surface area (Å²) in [6.07, 6.45) is 4.40. The third kappa shape index (κ3) is 4.36. The van der Waals surface area contributed by atoms with Crippen molar-refractivity contribution in [2.24, 2.45) is 11.3 Å². The maximum Gasteiger partial charge on any atom is 0.0662 e. The van der Waals surface area contributed by atoms with Crippen molar-refractivity contribution in [2.45, 2.75) is 40.5 Å². The third-order valence-corrected chi connectivity index (χ3v) is 3.74. The number of hydrogen-bond acceptors (Lipinski definition) is 2. The van der Waals surface area contributed by atoms with Crippen molar-refractivity contribution >= 4 is 11.3 Å². The predicted molar refractivity (Wildman–Crippen MR) is 75.2 cm³/mol. The highest BCUT2D eigenvalue weighted by molar-refractivity contribution is 7.12. The minimum atomic E-state index is 0.0200. The van der Waals surface area contributed by atoms with Crippen LogP contribution in [-0.2, 0) is 0 Å². The number of aryl methyl sites for hydroxylation is 1. The summed E-state index contributed by atoms with van der Waals surface area (Å²) in [7, 11) is 0. The van der Waals surface area contributed by atoms with E-state index in [-0.39, 0.29) is 17.3 Å². The van der Waals surface area contributed by atoms with Gasteiger partial charge in [-0.05, 0) is 31.4 Å². The molecule has 0 amide bonds. The molecule has 0 aliphatic carbocycles. The van der Waals surface area contributed by atoms with Gasteiger partial charge in [0.15, 0.2) is 0 Å². The molecule has 0 saturated heterocycles. The van der Waals surface area contributed by atoms with Crippen LogP contribution in [0.25, 0.3) is 0 Å². The molecule has 1 aromatic heterocycles. The second-order valence-corrected chi connectivity index (χ2v) is 6.94. The molecule has 0 bridgehead atoms. The molecule has 0 aliphatic heterocycles. The van der Waals surface area contributed by atoms with Gasteiger partial charge in [-0.25, -0.2) is 0 Å². The second-order valence-electron chi connectivity index (χ2n) is 5.62. The second kappa shape index (κ2) is 5.51. The standard InChI is InChI=1S/C15H21NS/c1-11(10-16)13(8-9-15(3,4)5)14-7-6-12(2)17-14/h6-9,11,13H,1-5H3/b9-8+/t11-,13+/m1/s1. The molecule has 2 heteroatoms. The molecule has 92 valence electrons. The van der Waals surface area contributed by atoms with E-state index in [4.69, 9.17) is 5.26 Å². The Balaban J connectivity index is 2.98. The minimum absolute atomic E-state index is 0.0200. The van der Waals surface area contributed by atoms with E-state index in [1.807, 2.05) is 6.92 Å². The van der Waals surface area contributed by atoms with Crippen LogP contribution in [0, 0.1) is 29.6 Å². The van der Waals surface area contributed by atoms with Crippen LogP contribution in [0.5, 0.6) is 0 Å². The van der Waals surface area contributed by atoms with Crippen molar-refractivity contribution in [1.82, 2.24) is 0 Å². The van der Waals surface area contributed by atoms with E-state index in [2.05, 4.69) is 58.0 Å². The molecule has 0 N–H and O–H groups in total. The van der Waals surface area contributed by atoms with Gasteiger partial charge in [0.1, 0.15) is 0 Å². The molecule has 1 heterocycles. The summed E-state index contributed by atoms with van der Waals surface area (Å²) in [4.78, 5) is 2.59. The molecule has 0 aliphatic rings. The van der Waals surface area contributed by atoms with Crippen molar-refractivity contribution in [3.8, 4) is 6.07 Å². The van der Waals surface area contributed by atoms with Crippen LogP contribution in [0.1, 0.15) is 43.4 Å². The smallest absolute Gasteiger partial charge is 0.0662 e. The van der Waals surface area contributed by atoms with Crippen molar-refractivity contribution in [3.63, 3.8) is 0 Å². The van der Waals surface area contributed by atoms with E-state index >= 15 is 0 Å². The van der Waals surface area contributed by atoms with Gasteiger partial charge in [-0.15, -0.1) is 11.3 Å². The fourth-order valence-electron chi connectivity index (χ4n) is 1.61. The fraction of sp³-hybridized carbons (Fsp3) is 0.533. The molecule has 1 rings (SSSR count). The van der Waals surface area contributed by atoms with Crippen LogP contribution in [0.2, 0.25) is 0 Å². The summed E-state index contributed by atoms with van der Waals surface area (Å²) in [5.41, 5.74) is 0.166. The van der Waals surface area contributed by atoms with E-state index in [0.29, 0.717) is 0 Å². The predicted octanol–water partition coefficient (Wildman–Crippen LogP) is 4.90. The van der Waals surface area contributed by atoms with Crippen molar-refractivity contribution in [3.05, 3.63) is 34.0 Å². The summed E-state index contributed by atoms with van der Waals surface area (Å²) in [5.74, 6) is 0.240. The van der Waals surface area contributed by atoms with Gasteiger partial charge in [0, 0.05) is 15.7 Å². The molecular weight excluding hydrogens is 226 g/mol. The molecule has 0 saturated carbocycles. The number of nitrogens with zero attached hydrogens (tertiary/aromatic N) is 1. The zero-order valence-corrected chi connectivity index (χ0v) is 12.1. The highest BCUT2D eigenvalue weighted by Crippen LogP contribution is 2.32. The highest BCUT2D eigenvalue weighted by Gasteiger charge is 2.18. The third-order valence-electron chi connectivity index (χ3n) is 2.64. The summed E-state index contributed by atoms with van der Waals surface area (Å²) in [6.45, 7) is 10.6. The van der Waals surface area contributed by atoms with E-state index in [9.17, 15) is 0 Å². The number of nitriles is 1. The van der Waals surface area contributed by atoms with Gasteiger partial charge in [0.2, 0.25) is 0 Å². The molecule has 0 unspecified atom stereocenters. The lowest BCUT2D eigenvalue weighted by Crippen LogP contribution is -2.06. The zero-order valence-electron chi connectivity index (χ0n) is 11.3. The normalized spacial score (nSPS) is 15.8. The van der Waals surface area contributed by atoms with E-state index in [0.717, 1.165) is 0 Å². The number of allylic oxidation sites excluding steroid dienone is 2. The van der Waals surface area contributed by atoms with Gasteiger partial charge in [-0.1, -0.05) is 32.9 Å². The molecule has 17 heavy (non-hydrogen) atoms. The van der Waals surface area contributed by atoms with Gasteiger partial charge in [0.25, 0.3) is 0 Å². The molecule has 1 aromatic rings. The number of rotatable bonds is 3. The first-order valence-electron chi connectivity index (χ1n) is 5.99. The summed E-state index contributed by atoms with van der Waals surface area (Å²) in [5, 5.41) is 9.12. The Morgan fingerprint density at radius 3 is 2.41 bits per heavy atom.